The first-order valence-electron chi connectivity index (χ1n) is 8.87. The fourth-order valence-electron chi connectivity index (χ4n) is 2.92. The minimum Gasteiger partial charge on any atom is -0.327 e. The molecule has 0 fully saturated rings. The van der Waals surface area contributed by atoms with Gasteiger partial charge in [-0.3, -0.25) is 0 Å². The predicted molar refractivity (Wildman–Crippen MR) is 102 cm³/mol. The average Bonchev–Trinajstić information content (AvgIpc) is 2.71. The molecule has 0 radical (unpaired) electrons. The molecule has 0 spiro atoms. The first-order chi connectivity index (χ1) is 13.4. The highest BCUT2D eigenvalue weighted by Crippen LogP contribution is 2.29. The van der Waals surface area contributed by atoms with Gasteiger partial charge < -0.3 is 10.2 Å². The van der Waals surface area contributed by atoms with Gasteiger partial charge in [-0.25, -0.2) is 4.79 Å². The van der Waals surface area contributed by atoms with Crippen molar-refractivity contribution in [2.45, 2.75) is 12.6 Å². The number of benzene rings is 2. The fraction of sp³-hybridized carbons (Fsp3) is 0.227. The molecule has 2 amide bonds. The molecule has 2 aromatic rings. The van der Waals surface area contributed by atoms with Crippen LogP contribution in [0.25, 0.3) is 5.57 Å². The van der Waals surface area contributed by atoms with Crippen LogP contribution in [-0.2, 0) is 6.18 Å². The van der Waals surface area contributed by atoms with Crippen molar-refractivity contribution in [3.05, 3.63) is 77.4 Å². The Balaban J connectivity index is 1.51. The van der Waals surface area contributed by atoms with E-state index in [-0.39, 0.29) is 18.1 Å². The van der Waals surface area contributed by atoms with Crippen LogP contribution in [0.1, 0.15) is 23.1 Å². The van der Waals surface area contributed by atoms with E-state index in [1.54, 1.807) is 4.90 Å². The van der Waals surface area contributed by atoms with Gasteiger partial charge in [0, 0.05) is 18.7 Å². The molecule has 3 nitrogen and oxygen atoms in total. The second-order valence-electron chi connectivity index (χ2n) is 6.33. The molecule has 0 saturated heterocycles. The number of rotatable bonds is 2. The normalized spacial score (nSPS) is 14.0. The van der Waals surface area contributed by atoms with E-state index < -0.39 is 11.7 Å². The average molecular weight is 384 g/mol. The molecule has 0 aromatic heterocycles. The maximum Gasteiger partial charge on any atom is 0.416 e. The highest BCUT2D eigenvalue weighted by atomic mass is 19.4. The number of nitrogens with zero attached hydrogens (tertiary/aromatic N) is 1. The van der Waals surface area contributed by atoms with Gasteiger partial charge in [0.05, 0.1) is 12.1 Å². The molecule has 0 saturated carbocycles. The summed E-state index contributed by atoms with van der Waals surface area (Å²) in [6.45, 7) is 1.19. The van der Waals surface area contributed by atoms with Crippen molar-refractivity contribution in [3.63, 3.8) is 0 Å². The molecule has 1 aliphatic heterocycles. The number of nitrogens with one attached hydrogen (secondary N) is 1. The molecule has 144 valence electrons. The molecule has 1 heterocycles. The first-order valence-corrected chi connectivity index (χ1v) is 8.87. The monoisotopic (exact) mass is 384 g/mol. The van der Waals surface area contributed by atoms with Gasteiger partial charge in [0.2, 0.25) is 0 Å². The van der Waals surface area contributed by atoms with Crippen molar-refractivity contribution in [3.8, 4) is 11.8 Å². The summed E-state index contributed by atoms with van der Waals surface area (Å²) in [6.07, 6.45) is -1.59. The van der Waals surface area contributed by atoms with Crippen LogP contribution in [0.15, 0.2) is 60.7 Å². The number of halogens is 3. The number of carbonyl (C=O) groups is 1. The molecule has 0 bridgehead atoms. The number of hydrogen-bond acceptors (Lipinski definition) is 1. The Morgan fingerprint density at radius 1 is 1.11 bits per heavy atom. The van der Waals surface area contributed by atoms with E-state index in [0.29, 0.717) is 13.1 Å². The van der Waals surface area contributed by atoms with E-state index in [0.717, 1.165) is 24.1 Å². The lowest BCUT2D eigenvalue weighted by Crippen LogP contribution is -2.42. The largest absolute Gasteiger partial charge is 0.416 e. The Bertz CT molecular complexity index is 924. The first kappa shape index (κ1) is 19.6. The highest BCUT2D eigenvalue weighted by Gasteiger charge is 2.30. The molecule has 1 N–H and O–H groups in total. The van der Waals surface area contributed by atoms with Crippen LogP contribution >= 0.6 is 0 Å². The summed E-state index contributed by atoms with van der Waals surface area (Å²) in [6, 6.07) is 14.6. The van der Waals surface area contributed by atoms with Crippen LogP contribution in [0.4, 0.5) is 18.0 Å². The molecule has 0 aliphatic carbocycles. The summed E-state index contributed by atoms with van der Waals surface area (Å²) >= 11 is 0. The number of amides is 2. The second-order valence-corrected chi connectivity index (χ2v) is 6.33. The van der Waals surface area contributed by atoms with Gasteiger partial charge in [0.15, 0.2) is 0 Å². The van der Waals surface area contributed by atoms with E-state index in [4.69, 9.17) is 0 Å². The standard InChI is InChI=1S/C22H19F3N2O/c23-22(24,25)20-10-4-6-17(16-20)7-5-13-26-21(28)27-14-11-19(12-15-27)18-8-2-1-3-9-18/h1-4,6,8-11,16H,12-15H2,(H,26,28). The molecular weight excluding hydrogens is 365 g/mol. The van der Waals surface area contributed by atoms with Gasteiger partial charge in [0.25, 0.3) is 0 Å². The lowest BCUT2D eigenvalue weighted by atomic mass is 10.00. The number of carbonyl (C=O) groups excluding carboxylic acids is 1. The van der Waals surface area contributed by atoms with Crippen molar-refractivity contribution in [1.82, 2.24) is 10.2 Å². The van der Waals surface area contributed by atoms with Crippen LogP contribution in [0.5, 0.6) is 0 Å². The van der Waals surface area contributed by atoms with Crippen molar-refractivity contribution in [2.75, 3.05) is 19.6 Å². The van der Waals surface area contributed by atoms with Crippen LogP contribution in [0.2, 0.25) is 0 Å². The minimum atomic E-state index is -4.40. The summed E-state index contributed by atoms with van der Waals surface area (Å²) in [5.74, 6) is 5.34. The molecule has 0 unspecified atom stereocenters. The maximum absolute atomic E-state index is 12.7. The van der Waals surface area contributed by atoms with Crippen molar-refractivity contribution >= 4 is 11.6 Å². The van der Waals surface area contributed by atoms with E-state index >= 15 is 0 Å². The zero-order valence-corrected chi connectivity index (χ0v) is 15.1. The summed E-state index contributed by atoms with van der Waals surface area (Å²) in [4.78, 5) is 13.9. The lowest BCUT2D eigenvalue weighted by molar-refractivity contribution is -0.137. The number of alkyl halides is 3. The van der Waals surface area contributed by atoms with Crippen LogP contribution < -0.4 is 5.32 Å². The van der Waals surface area contributed by atoms with Crippen LogP contribution in [-0.4, -0.2) is 30.6 Å². The molecule has 28 heavy (non-hydrogen) atoms. The Morgan fingerprint density at radius 3 is 2.57 bits per heavy atom. The number of urea groups is 1. The fourth-order valence-corrected chi connectivity index (χ4v) is 2.92. The summed E-state index contributed by atoms with van der Waals surface area (Å²) in [5, 5.41) is 2.68. The Hall–Kier alpha value is -3.20. The third-order valence-electron chi connectivity index (χ3n) is 4.39. The van der Waals surface area contributed by atoms with Gasteiger partial charge in [0.1, 0.15) is 0 Å². The molecule has 0 atom stereocenters. The van der Waals surface area contributed by atoms with Crippen LogP contribution in [0.3, 0.4) is 0 Å². The Morgan fingerprint density at radius 2 is 1.89 bits per heavy atom. The quantitative estimate of drug-likeness (QED) is 0.757. The van der Waals surface area contributed by atoms with E-state index in [1.165, 1.54) is 17.7 Å². The Labute approximate surface area is 161 Å². The molecule has 2 aromatic carbocycles. The highest BCUT2D eigenvalue weighted by molar-refractivity contribution is 5.77. The van der Waals surface area contributed by atoms with Gasteiger partial charge in [-0.2, -0.15) is 13.2 Å². The van der Waals surface area contributed by atoms with E-state index in [9.17, 15) is 18.0 Å². The second kappa shape index (κ2) is 8.66. The zero-order chi connectivity index (χ0) is 20.0. The van der Waals surface area contributed by atoms with Crippen LogP contribution in [0, 0.1) is 11.8 Å². The van der Waals surface area contributed by atoms with Gasteiger partial charge in [-0.15, -0.1) is 0 Å². The van der Waals surface area contributed by atoms with Gasteiger partial charge in [-0.1, -0.05) is 54.3 Å². The number of hydrogen-bond donors (Lipinski definition) is 1. The van der Waals surface area contributed by atoms with Gasteiger partial charge >= 0.3 is 12.2 Å². The third kappa shape index (κ3) is 5.17. The smallest absolute Gasteiger partial charge is 0.327 e. The molecule has 6 heteroatoms. The van der Waals surface area contributed by atoms with Crippen molar-refractivity contribution in [1.29, 1.82) is 0 Å². The molecule has 3 rings (SSSR count). The van der Waals surface area contributed by atoms with E-state index in [2.05, 4.69) is 17.2 Å². The Kier molecular flexibility index (Phi) is 6.05. The summed E-state index contributed by atoms with van der Waals surface area (Å²) in [5.41, 5.74) is 1.90. The minimum absolute atomic E-state index is 0.0703. The van der Waals surface area contributed by atoms with E-state index in [1.807, 2.05) is 36.4 Å². The summed E-state index contributed by atoms with van der Waals surface area (Å²) in [7, 11) is 0. The molecular formula is C22H19F3N2O. The topological polar surface area (TPSA) is 32.3 Å². The maximum atomic E-state index is 12.7. The van der Waals surface area contributed by atoms with Crippen molar-refractivity contribution in [2.24, 2.45) is 0 Å². The predicted octanol–water partition coefficient (Wildman–Crippen LogP) is 4.56. The van der Waals surface area contributed by atoms with Gasteiger partial charge in [-0.05, 0) is 35.8 Å². The lowest BCUT2D eigenvalue weighted by Gasteiger charge is -2.26. The zero-order valence-electron chi connectivity index (χ0n) is 15.1. The third-order valence-corrected chi connectivity index (χ3v) is 4.39. The molecule has 1 aliphatic rings. The van der Waals surface area contributed by atoms with Crippen molar-refractivity contribution < 1.29 is 18.0 Å². The summed E-state index contributed by atoms with van der Waals surface area (Å²) < 4.78 is 38.1. The SMILES string of the molecule is O=C(NCC#Cc1cccc(C(F)(F)F)c1)N1CC=C(c2ccccc2)CC1.